The summed E-state index contributed by atoms with van der Waals surface area (Å²) in [7, 11) is -3.62. The molecule has 2 rings (SSSR count). The summed E-state index contributed by atoms with van der Waals surface area (Å²) in [6.45, 7) is 2.02. The Bertz CT molecular complexity index is 666. The molecule has 0 saturated heterocycles. The number of rotatable bonds is 6. The van der Waals surface area contributed by atoms with E-state index in [0.29, 0.717) is 12.0 Å². The van der Waals surface area contributed by atoms with Crippen LogP contribution in [0.2, 0.25) is 0 Å². The van der Waals surface area contributed by atoms with Gasteiger partial charge in [-0.3, -0.25) is 0 Å². The number of aliphatic hydroxyl groups is 1. The second kappa shape index (κ2) is 6.40. The van der Waals surface area contributed by atoms with Crippen molar-refractivity contribution in [2.75, 3.05) is 6.54 Å². The van der Waals surface area contributed by atoms with Crippen molar-refractivity contribution >= 4 is 21.4 Å². The van der Waals surface area contributed by atoms with Crippen molar-refractivity contribution in [3.05, 3.63) is 40.0 Å². The van der Waals surface area contributed by atoms with Gasteiger partial charge in [0.1, 0.15) is 0 Å². The number of pyridine rings is 1. The lowest BCUT2D eigenvalue weighted by atomic mass is 10.3. The Morgan fingerprint density at radius 1 is 1.40 bits per heavy atom. The molecule has 0 aliphatic carbocycles. The number of aliphatic hydroxyl groups excluding tert-OH is 1. The molecule has 2 N–H and O–H groups in total. The van der Waals surface area contributed by atoms with Gasteiger partial charge >= 0.3 is 0 Å². The average Bonchev–Trinajstić information content (AvgIpc) is 2.84. The van der Waals surface area contributed by atoms with Crippen LogP contribution in [0, 0.1) is 6.92 Å². The second-order valence-electron chi connectivity index (χ2n) is 4.17. The van der Waals surface area contributed by atoms with Crippen molar-refractivity contribution in [2.24, 2.45) is 0 Å². The number of aromatic nitrogens is 2. The third-order valence-electron chi connectivity index (χ3n) is 2.60. The first-order valence-electron chi connectivity index (χ1n) is 5.98. The fourth-order valence-electron chi connectivity index (χ4n) is 1.57. The summed E-state index contributed by atoms with van der Waals surface area (Å²) in [5.41, 5.74) is 1.45. The summed E-state index contributed by atoms with van der Waals surface area (Å²) in [4.78, 5) is 8.09. The molecule has 0 aliphatic heterocycles. The zero-order valence-corrected chi connectivity index (χ0v) is 12.5. The van der Waals surface area contributed by atoms with E-state index in [1.165, 1.54) is 29.7 Å². The smallest absolute Gasteiger partial charge is 0.258 e. The molecule has 108 valence electrons. The standard InChI is InChI=1S/C12H15N3O3S2/c1-9-15-11(8-19-9)4-5-14-20(17,18)12-3-2-10(7-16)6-13-12/h2-3,6,8,14,16H,4-5,7H2,1H3. The largest absolute Gasteiger partial charge is 0.392 e. The highest BCUT2D eigenvalue weighted by molar-refractivity contribution is 7.89. The second-order valence-corrected chi connectivity index (χ2v) is 6.94. The fourth-order valence-corrected chi connectivity index (χ4v) is 3.18. The SMILES string of the molecule is Cc1nc(CCNS(=O)(=O)c2ccc(CO)cn2)cs1. The maximum atomic E-state index is 12.0. The van der Waals surface area contributed by atoms with Crippen LogP contribution in [0.25, 0.3) is 0 Å². The number of nitrogens with one attached hydrogen (secondary N) is 1. The lowest BCUT2D eigenvalue weighted by molar-refractivity contribution is 0.281. The summed E-state index contributed by atoms with van der Waals surface area (Å²) < 4.78 is 26.4. The minimum absolute atomic E-state index is 0.0517. The summed E-state index contributed by atoms with van der Waals surface area (Å²) in [6, 6.07) is 2.91. The van der Waals surface area contributed by atoms with Crippen LogP contribution in [-0.4, -0.2) is 30.0 Å². The number of thiazole rings is 1. The molecule has 0 atom stereocenters. The molecule has 0 radical (unpaired) electrons. The van der Waals surface area contributed by atoms with Gasteiger partial charge in [0.05, 0.1) is 17.3 Å². The monoisotopic (exact) mass is 313 g/mol. The number of hydrogen-bond acceptors (Lipinski definition) is 6. The first-order chi connectivity index (χ1) is 9.51. The Balaban J connectivity index is 1.96. The molecule has 0 fully saturated rings. The van der Waals surface area contributed by atoms with E-state index in [2.05, 4.69) is 14.7 Å². The van der Waals surface area contributed by atoms with Crippen molar-refractivity contribution in [3.63, 3.8) is 0 Å². The molecular formula is C12H15N3O3S2. The highest BCUT2D eigenvalue weighted by Gasteiger charge is 2.15. The minimum atomic E-state index is -3.62. The molecule has 6 nitrogen and oxygen atoms in total. The van der Waals surface area contributed by atoms with Crippen LogP contribution in [0.15, 0.2) is 28.7 Å². The molecule has 20 heavy (non-hydrogen) atoms. The quantitative estimate of drug-likeness (QED) is 0.825. The van der Waals surface area contributed by atoms with Gasteiger partial charge in [-0.1, -0.05) is 6.07 Å². The summed E-state index contributed by atoms with van der Waals surface area (Å²) >= 11 is 1.54. The van der Waals surface area contributed by atoms with Crippen LogP contribution in [0.1, 0.15) is 16.3 Å². The van der Waals surface area contributed by atoms with Gasteiger partial charge in [0.2, 0.25) is 0 Å². The van der Waals surface area contributed by atoms with Crippen LogP contribution in [0.4, 0.5) is 0 Å². The molecule has 0 bridgehead atoms. The van der Waals surface area contributed by atoms with Crippen molar-refractivity contribution in [3.8, 4) is 0 Å². The van der Waals surface area contributed by atoms with E-state index >= 15 is 0 Å². The molecule has 2 heterocycles. The molecule has 8 heteroatoms. The van der Waals surface area contributed by atoms with Gasteiger partial charge in [-0.15, -0.1) is 11.3 Å². The van der Waals surface area contributed by atoms with Gasteiger partial charge in [-0.2, -0.15) is 0 Å². The molecule has 0 aliphatic rings. The van der Waals surface area contributed by atoms with Crippen LogP contribution >= 0.6 is 11.3 Å². The predicted molar refractivity (Wildman–Crippen MR) is 75.9 cm³/mol. The first-order valence-corrected chi connectivity index (χ1v) is 8.34. The maximum absolute atomic E-state index is 12.0. The van der Waals surface area contributed by atoms with Crippen molar-refractivity contribution < 1.29 is 13.5 Å². The van der Waals surface area contributed by atoms with Crippen LogP contribution < -0.4 is 4.72 Å². The first kappa shape index (κ1) is 15.0. The van der Waals surface area contributed by atoms with Crippen LogP contribution in [0.5, 0.6) is 0 Å². The zero-order valence-electron chi connectivity index (χ0n) is 10.9. The topological polar surface area (TPSA) is 92.2 Å². The van der Waals surface area contributed by atoms with E-state index in [1.54, 1.807) is 0 Å². The van der Waals surface area contributed by atoms with E-state index < -0.39 is 10.0 Å². The van der Waals surface area contributed by atoms with E-state index in [4.69, 9.17) is 5.11 Å². The van der Waals surface area contributed by atoms with Crippen molar-refractivity contribution in [1.82, 2.24) is 14.7 Å². The molecule has 2 aromatic heterocycles. The number of hydrogen-bond donors (Lipinski definition) is 2. The van der Waals surface area contributed by atoms with E-state index in [9.17, 15) is 8.42 Å². The third kappa shape index (κ3) is 3.83. The van der Waals surface area contributed by atoms with Crippen LogP contribution in [0.3, 0.4) is 0 Å². The normalized spacial score (nSPS) is 11.7. The third-order valence-corrected chi connectivity index (χ3v) is 4.79. The predicted octanol–water partition coefficient (Wildman–Crippen LogP) is 0.860. The molecule has 0 unspecified atom stereocenters. The Morgan fingerprint density at radius 2 is 2.20 bits per heavy atom. The van der Waals surface area contributed by atoms with Gasteiger partial charge in [-0.25, -0.2) is 23.1 Å². The molecule has 0 spiro atoms. The van der Waals surface area contributed by atoms with Gasteiger partial charge in [0.15, 0.2) is 5.03 Å². The van der Waals surface area contributed by atoms with Crippen LogP contribution in [-0.2, 0) is 23.1 Å². The Labute approximate surface area is 121 Å². The highest BCUT2D eigenvalue weighted by Crippen LogP contribution is 2.09. The van der Waals surface area contributed by atoms with Gasteiger partial charge < -0.3 is 5.11 Å². The molecular weight excluding hydrogens is 298 g/mol. The Hall–Kier alpha value is -1.35. The van der Waals surface area contributed by atoms with Crippen molar-refractivity contribution in [2.45, 2.75) is 25.0 Å². The summed E-state index contributed by atoms with van der Waals surface area (Å²) in [6.07, 6.45) is 1.89. The number of nitrogens with zero attached hydrogens (tertiary/aromatic N) is 2. The van der Waals surface area contributed by atoms with Crippen molar-refractivity contribution in [1.29, 1.82) is 0 Å². The zero-order chi connectivity index (χ0) is 14.6. The molecule has 0 aromatic carbocycles. The van der Waals surface area contributed by atoms with Gasteiger partial charge in [-0.05, 0) is 18.6 Å². The lowest BCUT2D eigenvalue weighted by Crippen LogP contribution is -2.26. The Kier molecular flexibility index (Phi) is 4.81. The Morgan fingerprint density at radius 3 is 2.75 bits per heavy atom. The number of aryl methyl sites for hydroxylation is 1. The van der Waals surface area contributed by atoms with E-state index in [0.717, 1.165) is 10.7 Å². The average molecular weight is 313 g/mol. The van der Waals surface area contributed by atoms with Gasteiger partial charge in [0, 0.05) is 24.5 Å². The maximum Gasteiger partial charge on any atom is 0.258 e. The molecule has 2 aromatic rings. The summed E-state index contributed by atoms with van der Waals surface area (Å²) in [5.74, 6) is 0. The molecule has 0 saturated carbocycles. The van der Waals surface area contributed by atoms with Gasteiger partial charge in [0.25, 0.3) is 10.0 Å². The molecule has 0 amide bonds. The highest BCUT2D eigenvalue weighted by atomic mass is 32.2. The fraction of sp³-hybridized carbons (Fsp3) is 0.333. The summed E-state index contributed by atoms with van der Waals surface area (Å²) in [5, 5.41) is 11.7. The van der Waals surface area contributed by atoms with E-state index in [-0.39, 0.29) is 18.2 Å². The minimum Gasteiger partial charge on any atom is -0.392 e. The van der Waals surface area contributed by atoms with E-state index in [1.807, 2.05) is 12.3 Å². The number of sulfonamides is 1. The lowest BCUT2D eigenvalue weighted by Gasteiger charge is -2.05.